The predicted octanol–water partition coefficient (Wildman–Crippen LogP) is 4.30. The molecule has 0 bridgehead atoms. The van der Waals surface area contributed by atoms with Crippen molar-refractivity contribution in [2.75, 3.05) is 23.7 Å². The Bertz CT molecular complexity index is 1310. The molecule has 0 radical (unpaired) electrons. The van der Waals surface area contributed by atoms with Crippen molar-refractivity contribution < 1.29 is 18.0 Å². The molecule has 0 saturated carbocycles. The SMILES string of the molecule is CCNC(=O)[C@H](Cc1ccccc1)N(Cc1cccc(C)c1)C(=O)CN(c1ccc(Br)cc1)S(C)(=O)=O. The number of hydrogen-bond donors (Lipinski definition) is 1. The van der Waals surface area contributed by atoms with E-state index in [4.69, 9.17) is 0 Å². The van der Waals surface area contributed by atoms with Gasteiger partial charge in [0.25, 0.3) is 0 Å². The van der Waals surface area contributed by atoms with Crippen molar-refractivity contribution in [2.45, 2.75) is 32.9 Å². The fourth-order valence-corrected chi connectivity index (χ4v) is 5.19. The summed E-state index contributed by atoms with van der Waals surface area (Å²) in [7, 11) is -3.78. The molecule has 0 heterocycles. The van der Waals surface area contributed by atoms with Crippen LogP contribution in [0.15, 0.2) is 83.3 Å². The first-order chi connectivity index (χ1) is 17.6. The van der Waals surface area contributed by atoms with Crippen molar-refractivity contribution in [1.29, 1.82) is 0 Å². The number of carbonyl (C=O) groups excluding carboxylic acids is 2. The number of hydrogen-bond acceptors (Lipinski definition) is 4. The number of halogens is 1. The summed E-state index contributed by atoms with van der Waals surface area (Å²) < 4.78 is 27.3. The van der Waals surface area contributed by atoms with Crippen LogP contribution in [0.5, 0.6) is 0 Å². The van der Waals surface area contributed by atoms with Crippen molar-refractivity contribution in [1.82, 2.24) is 10.2 Å². The van der Waals surface area contributed by atoms with Crippen LogP contribution in [-0.4, -0.2) is 50.5 Å². The largest absolute Gasteiger partial charge is 0.355 e. The Morgan fingerprint density at radius 1 is 0.946 bits per heavy atom. The predicted molar refractivity (Wildman–Crippen MR) is 151 cm³/mol. The van der Waals surface area contributed by atoms with Crippen LogP contribution in [0.25, 0.3) is 0 Å². The van der Waals surface area contributed by atoms with Crippen LogP contribution in [0, 0.1) is 6.92 Å². The number of amides is 2. The Kier molecular flexibility index (Phi) is 9.88. The molecule has 0 aliphatic heterocycles. The molecule has 3 rings (SSSR count). The maximum atomic E-state index is 13.9. The second-order valence-corrected chi connectivity index (χ2v) is 11.7. The number of anilines is 1. The Morgan fingerprint density at radius 2 is 1.59 bits per heavy atom. The lowest BCUT2D eigenvalue weighted by molar-refractivity contribution is -0.140. The van der Waals surface area contributed by atoms with Gasteiger partial charge in [0.1, 0.15) is 12.6 Å². The number of rotatable bonds is 11. The highest BCUT2D eigenvalue weighted by molar-refractivity contribution is 9.10. The molecule has 1 atom stereocenters. The van der Waals surface area contributed by atoms with Gasteiger partial charge in [0.05, 0.1) is 11.9 Å². The molecule has 0 unspecified atom stereocenters. The minimum Gasteiger partial charge on any atom is -0.355 e. The lowest BCUT2D eigenvalue weighted by Crippen LogP contribution is -2.53. The van der Waals surface area contributed by atoms with Crippen LogP contribution in [0.2, 0.25) is 0 Å². The van der Waals surface area contributed by atoms with Gasteiger partial charge in [0.2, 0.25) is 21.8 Å². The Labute approximate surface area is 227 Å². The van der Waals surface area contributed by atoms with E-state index in [0.717, 1.165) is 31.7 Å². The van der Waals surface area contributed by atoms with Gasteiger partial charge in [0.15, 0.2) is 0 Å². The third-order valence-electron chi connectivity index (χ3n) is 5.85. The maximum absolute atomic E-state index is 13.9. The zero-order valence-corrected chi connectivity index (χ0v) is 23.6. The molecule has 0 fully saturated rings. The number of sulfonamides is 1. The van der Waals surface area contributed by atoms with E-state index in [1.807, 2.05) is 68.4 Å². The van der Waals surface area contributed by atoms with Gasteiger partial charge >= 0.3 is 0 Å². The van der Waals surface area contributed by atoms with E-state index in [0.29, 0.717) is 18.7 Å². The van der Waals surface area contributed by atoms with Gasteiger partial charge < -0.3 is 10.2 Å². The molecule has 9 heteroatoms. The quantitative estimate of drug-likeness (QED) is 0.363. The van der Waals surface area contributed by atoms with Gasteiger partial charge in [-0.3, -0.25) is 13.9 Å². The van der Waals surface area contributed by atoms with Crippen molar-refractivity contribution in [3.63, 3.8) is 0 Å². The number of benzene rings is 3. The van der Waals surface area contributed by atoms with Crippen LogP contribution in [-0.2, 0) is 32.6 Å². The molecule has 0 saturated heterocycles. The highest BCUT2D eigenvalue weighted by Gasteiger charge is 2.32. The lowest BCUT2D eigenvalue weighted by atomic mass is 10.0. The van der Waals surface area contributed by atoms with Crippen LogP contribution in [0.1, 0.15) is 23.6 Å². The van der Waals surface area contributed by atoms with Crippen LogP contribution in [0.4, 0.5) is 5.69 Å². The zero-order chi connectivity index (χ0) is 27.0. The maximum Gasteiger partial charge on any atom is 0.244 e. The smallest absolute Gasteiger partial charge is 0.244 e. The van der Waals surface area contributed by atoms with E-state index in [9.17, 15) is 18.0 Å². The molecule has 1 N–H and O–H groups in total. The number of aryl methyl sites for hydroxylation is 1. The molecule has 3 aromatic carbocycles. The molecule has 0 aromatic heterocycles. The Hall–Kier alpha value is -3.17. The number of nitrogens with zero attached hydrogens (tertiary/aromatic N) is 2. The van der Waals surface area contributed by atoms with Gasteiger partial charge in [-0.05, 0) is 49.2 Å². The van der Waals surface area contributed by atoms with Crippen LogP contribution < -0.4 is 9.62 Å². The topological polar surface area (TPSA) is 86.8 Å². The highest BCUT2D eigenvalue weighted by atomic mass is 79.9. The lowest BCUT2D eigenvalue weighted by Gasteiger charge is -2.33. The standard InChI is InChI=1S/C28H32BrN3O4S/c1-4-30-28(34)26(18-22-10-6-5-7-11-22)31(19-23-12-8-9-21(2)17-23)27(33)20-32(37(3,35)36)25-15-13-24(29)14-16-25/h5-17,26H,4,18-20H2,1-3H3,(H,30,34)/t26-/m0/s1. The average Bonchev–Trinajstić information content (AvgIpc) is 2.85. The van der Waals surface area contributed by atoms with E-state index < -0.39 is 28.5 Å². The fourth-order valence-electron chi connectivity index (χ4n) is 4.07. The summed E-state index contributed by atoms with van der Waals surface area (Å²) in [6.07, 6.45) is 1.36. The summed E-state index contributed by atoms with van der Waals surface area (Å²) in [5.41, 5.74) is 3.14. The molecule has 0 spiro atoms. The molecule has 2 amide bonds. The molecule has 3 aromatic rings. The van der Waals surface area contributed by atoms with E-state index in [-0.39, 0.29) is 12.5 Å². The minimum atomic E-state index is -3.78. The summed E-state index contributed by atoms with van der Waals surface area (Å²) in [5.74, 6) is -0.760. The first-order valence-electron chi connectivity index (χ1n) is 12.0. The van der Waals surface area contributed by atoms with Crippen molar-refractivity contribution >= 4 is 43.5 Å². The van der Waals surface area contributed by atoms with Crippen molar-refractivity contribution in [2.24, 2.45) is 0 Å². The Balaban J connectivity index is 2.03. The van der Waals surface area contributed by atoms with Gasteiger partial charge in [-0.2, -0.15) is 0 Å². The summed E-state index contributed by atoms with van der Waals surface area (Å²) in [6.45, 7) is 3.91. The second-order valence-electron chi connectivity index (χ2n) is 8.86. The summed E-state index contributed by atoms with van der Waals surface area (Å²) >= 11 is 3.36. The van der Waals surface area contributed by atoms with Crippen LogP contribution in [0.3, 0.4) is 0 Å². The normalized spacial score (nSPS) is 12.0. The second kappa shape index (κ2) is 12.9. The molecule has 0 aliphatic rings. The summed E-state index contributed by atoms with van der Waals surface area (Å²) in [6, 6.07) is 23.1. The fraction of sp³-hybridized carbons (Fsp3) is 0.286. The molecular weight excluding hydrogens is 554 g/mol. The van der Waals surface area contributed by atoms with Crippen LogP contribution >= 0.6 is 15.9 Å². The Morgan fingerprint density at radius 3 is 2.19 bits per heavy atom. The van der Waals surface area contributed by atoms with E-state index >= 15 is 0 Å². The first kappa shape index (κ1) is 28.4. The average molecular weight is 587 g/mol. The highest BCUT2D eigenvalue weighted by Crippen LogP contribution is 2.22. The molecule has 0 aliphatic carbocycles. The van der Waals surface area contributed by atoms with Gasteiger partial charge in [-0.25, -0.2) is 8.42 Å². The third-order valence-corrected chi connectivity index (χ3v) is 7.52. The molecular formula is C28H32BrN3O4S. The number of nitrogens with one attached hydrogen (secondary N) is 1. The number of likely N-dealkylation sites (N-methyl/N-ethyl adjacent to an activating group) is 1. The third kappa shape index (κ3) is 8.16. The zero-order valence-electron chi connectivity index (χ0n) is 21.2. The minimum absolute atomic E-state index is 0.160. The van der Waals surface area contributed by atoms with Crippen molar-refractivity contribution in [3.8, 4) is 0 Å². The van der Waals surface area contributed by atoms with E-state index in [2.05, 4.69) is 21.2 Å². The molecule has 7 nitrogen and oxygen atoms in total. The monoisotopic (exact) mass is 585 g/mol. The van der Waals surface area contributed by atoms with Gasteiger partial charge in [-0.1, -0.05) is 76.1 Å². The van der Waals surface area contributed by atoms with E-state index in [1.54, 1.807) is 24.3 Å². The summed E-state index contributed by atoms with van der Waals surface area (Å²) in [4.78, 5) is 28.7. The van der Waals surface area contributed by atoms with Crippen molar-refractivity contribution in [3.05, 3.63) is 100 Å². The van der Waals surface area contributed by atoms with Gasteiger partial charge in [-0.15, -0.1) is 0 Å². The summed E-state index contributed by atoms with van der Waals surface area (Å²) in [5, 5.41) is 2.85. The first-order valence-corrected chi connectivity index (χ1v) is 14.6. The molecule has 37 heavy (non-hydrogen) atoms. The van der Waals surface area contributed by atoms with E-state index in [1.165, 1.54) is 4.90 Å². The van der Waals surface area contributed by atoms with Gasteiger partial charge in [0, 0.05) is 24.0 Å². The number of carbonyl (C=O) groups is 2. The molecule has 196 valence electrons.